The molecule has 1 rings (SSSR count). The van der Waals surface area contributed by atoms with Crippen LogP contribution in [0.3, 0.4) is 0 Å². The second-order valence-corrected chi connectivity index (χ2v) is 7.23. The highest BCUT2D eigenvalue weighted by atomic mass is 32.2. The molecule has 2 N–H and O–H groups in total. The highest BCUT2D eigenvalue weighted by Gasteiger charge is 2.23. The number of anilines is 1. The molecule has 112 valence electrons. The van der Waals surface area contributed by atoms with E-state index >= 15 is 0 Å². The van der Waals surface area contributed by atoms with Gasteiger partial charge in [0.05, 0.1) is 0 Å². The maximum absolute atomic E-state index is 11.8. The van der Waals surface area contributed by atoms with Gasteiger partial charge in [0.25, 0.3) is 0 Å². The molecule has 0 aliphatic carbocycles. The topological polar surface area (TPSA) is 75.3 Å². The van der Waals surface area contributed by atoms with E-state index in [0.29, 0.717) is 5.69 Å². The molecule has 5 nitrogen and oxygen atoms in total. The molecule has 0 saturated heterocycles. The van der Waals surface area contributed by atoms with E-state index in [-0.39, 0.29) is 6.04 Å². The second kappa shape index (κ2) is 6.85. The zero-order valence-electron chi connectivity index (χ0n) is 12.3. The largest absolute Gasteiger partial charge is 0.325 e. The molecule has 0 radical (unpaired) electrons. The van der Waals surface area contributed by atoms with E-state index in [0.717, 1.165) is 18.4 Å². The van der Waals surface area contributed by atoms with Crippen molar-refractivity contribution in [2.24, 2.45) is 0 Å². The third kappa shape index (κ3) is 4.61. The molecule has 0 aromatic heterocycles. The third-order valence-corrected chi connectivity index (χ3v) is 4.70. The van der Waals surface area contributed by atoms with E-state index < -0.39 is 21.0 Å². The molecule has 0 bridgehead atoms. The lowest BCUT2D eigenvalue weighted by Crippen LogP contribution is -2.31. The van der Waals surface area contributed by atoms with Crippen LogP contribution in [0.25, 0.3) is 0 Å². The summed E-state index contributed by atoms with van der Waals surface area (Å²) in [5.41, 5.74) is 1.71. The van der Waals surface area contributed by atoms with Crippen LogP contribution in [0.2, 0.25) is 0 Å². The summed E-state index contributed by atoms with van der Waals surface area (Å²) in [4.78, 5) is 11.8. The minimum Gasteiger partial charge on any atom is -0.325 e. The number of sulfone groups is 1. The van der Waals surface area contributed by atoms with Gasteiger partial charge in [0.15, 0.2) is 9.84 Å². The van der Waals surface area contributed by atoms with E-state index in [2.05, 4.69) is 17.6 Å². The van der Waals surface area contributed by atoms with E-state index in [1.807, 2.05) is 19.1 Å². The maximum atomic E-state index is 11.8. The summed E-state index contributed by atoms with van der Waals surface area (Å²) in [5, 5.41) is 4.85. The Morgan fingerprint density at radius 2 is 1.75 bits per heavy atom. The fraction of sp³-hybridized carbons (Fsp3) is 0.500. The van der Waals surface area contributed by atoms with Gasteiger partial charge in [-0.3, -0.25) is 4.79 Å². The lowest BCUT2D eigenvalue weighted by atomic mass is 10.1. The van der Waals surface area contributed by atoms with E-state index in [9.17, 15) is 13.2 Å². The quantitative estimate of drug-likeness (QED) is 0.838. The maximum Gasteiger partial charge on any atom is 0.242 e. The molecule has 20 heavy (non-hydrogen) atoms. The first kappa shape index (κ1) is 16.7. The minimum absolute atomic E-state index is 0.236. The normalized spacial score (nSPS) is 14.6. The van der Waals surface area contributed by atoms with Crippen LogP contribution in [0.15, 0.2) is 24.3 Å². The zero-order valence-corrected chi connectivity index (χ0v) is 13.1. The number of carbonyl (C=O) groups is 1. The Morgan fingerprint density at radius 3 is 2.20 bits per heavy atom. The summed E-state index contributed by atoms with van der Waals surface area (Å²) in [6.07, 6.45) is 1.05. The zero-order chi connectivity index (χ0) is 15.3. The Hall–Kier alpha value is -1.40. The standard InChI is InChI=1S/C14H22N2O3S/c1-5-15-10(2)12-6-8-13(9-7-12)16-14(17)11(3)20(4,18)19/h6-11,15H,5H2,1-4H3,(H,16,17). The number of amides is 1. The average molecular weight is 298 g/mol. The van der Waals surface area contributed by atoms with Gasteiger partial charge in [-0.1, -0.05) is 19.1 Å². The monoisotopic (exact) mass is 298 g/mol. The van der Waals surface area contributed by atoms with Gasteiger partial charge in [-0.05, 0) is 38.1 Å². The molecule has 2 atom stereocenters. The molecule has 0 spiro atoms. The van der Waals surface area contributed by atoms with Gasteiger partial charge >= 0.3 is 0 Å². The van der Waals surface area contributed by atoms with Crippen LogP contribution in [0, 0.1) is 0 Å². The van der Waals surface area contributed by atoms with Crippen molar-refractivity contribution in [2.75, 3.05) is 18.1 Å². The van der Waals surface area contributed by atoms with Crippen LogP contribution in [-0.4, -0.2) is 32.4 Å². The number of benzene rings is 1. The first-order valence-corrected chi connectivity index (χ1v) is 8.54. The van der Waals surface area contributed by atoms with Gasteiger partial charge in [0, 0.05) is 18.0 Å². The van der Waals surface area contributed by atoms with E-state index in [1.165, 1.54) is 6.92 Å². The summed E-state index contributed by atoms with van der Waals surface area (Å²) in [5.74, 6) is -0.514. The van der Waals surface area contributed by atoms with Gasteiger partial charge in [-0.25, -0.2) is 8.42 Å². The molecular weight excluding hydrogens is 276 g/mol. The van der Waals surface area contributed by atoms with Crippen LogP contribution in [0.5, 0.6) is 0 Å². The molecule has 0 aliphatic heterocycles. The smallest absolute Gasteiger partial charge is 0.242 e. The molecule has 0 aliphatic rings. The summed E-state index contributed by atoms with van der Waals surface area (Å²) in [6.45, 7) is 6.36. The van der Waals surface area contributed by atoms with Crippen molar-refractivity contribution in [1.29, 1.82) is 0 Å². The summed E-state index contributed by atoms with van der Waals surface area (Å²) in [6, 6.07) is 7.61. The molecule has 1 aromatic rings. The molecule has 2 unspecified atom stereocenters. The first-order valence-electron chi connectivity index (χ1n) is 6.58. The molecule has 1 aromatic carbocycles. The Morgan fingerprint density at radius 1 is 1.20 bits per heavy atom. The Kier molecular flexibility index (Phi) is 5.71. The summed E-state index contributed by atoms with van der Waals surface area (Å²) >= 11 is 0. The number of rotatable bonds is 6. The lowest BCUT2D eigenvalue weighted by Gasteiger charge is -2.14. The van der Waals surface area contributed by atoms with Crippen molar-refractivity contribution in [3.05, 3.63) is 29.8 Å². The van der Waals surface area contributed by atoms with Crippen LogP contribution in [0.1, 0.15) is 32.4 Å². The third-order valence-electron chi connectivity index (χ3n) is 3.20. The van der Waals surface area contributed by atoms with Crippen molar-refractivity contribution in [1.82, 2.24) is 5.32 Å². The fourth-order valence-electron chi connectivity index (χ4n) is 1.72. The Labute approximate surface area is 120 Å². The fourth-order valence-corrected chi connectivity index (χ4v) is 2.17. The second-order valence-electron chi connectivity index (χ2n) is 4.86. The first-order chi connectivity index (χ1) is 9.25. The number of nitrogens with one attached hydrogen (secondary N) is 2. The van der Waals surface area contributed by atoms with Crippen LogP contribution < -0.4 is 10.6 Å². The molecule has 0 heterocycles. The van der Waals surface area contributed by atoms with Crippen LogP contribution in [0.4, 0.5) is 5.69 Å². The number of hydrogen-bond acceptors (Lipinski definition) is 4. The van der Waals surface area contributed by atoms with Crippen LogP contribution in [-0.2, 0) is 14.6 Å². The van der Waals surface area contributed by atoms with E-state index in [4.69, 9.17) is 0 Å². The van der Waals surface area contributed by atoms with Gasteiger partial charge in [0.2, 0.25) is 5.91 Å². The Balaban J connectivity index is 2.73. The summed E-state index contributed by atoms with van der Waals surface area (Å²) in [7, 11) is -3.37. The molecule has 0 fully saturated rings. The lowest BCUT2D eigenvalue weighted by molar-refractivity contribution is -0.115. The molecular formula is C14H22N2O3S. The molecule has 0 saturated carbocycles. The van der Waals surface area contributed by atoms with Crippen molar-refractivity contribution >= 4 is 21.4 Å². The highest BCUT2D eigenvalue weighted by Crippen LogP contribution is 2.16. The predicted octanol–water partition coefficient (Wildman–Crippen LogP) is 1.73. The van der Waals surface area contributed by atoms with Crippen LogP contribution >= 0.6 is 0 Å². The minimum atomic E-state index is -3.37. The Bertz CT molecular complexity index is 552. The van der Waals surface area contributed by atoms with Gasteiger partial charge in [-0.2, -0.15) is 0 Å². The van der Waals surface area contributed by atoms with Gasteiger partial charge in [-0.15, -0.1) is 0 Å². The number of hydrogen-bond donors (Lipinski definition) is 2. The van der Waals surface area contributed by atoms with Gasteiger partial charge in [0.1, 0.15) is 5.25 Å². The predicted molar refractivity (Wildman–Crippen MR) is 81.5 cm³/mol. The highest BCUT2D eigenvalue weighted by molar-refractivity contribution is 7.92. The molecule has 6 heteroatoms. The summed E-state index contributed by atoms with van der Waals surface area (Å²) < 4.78 is 22.6. The van der Waals surface area contributed by atoms with Crippen molar-refractivity contribution in [2.45, 2.75) is 32.1 Å². The SMILES string of the molecule is CCNC(C)c1ccc(NC(=O)C(C)S(C)(=O)=O)cc1. The number of carbonyl (C=O) groups excluding carboxylic acids is 1. The van der Waals surface area contributed by atoms with E-state index in [1.54, 1.807) is 12.1 Å². The van der Waals surface area contributed by atoms with Gasteiger partial charge < -0.3 is 10.6 Å². The average Bonchev–Trinajstić information content (AvgIpc) is 2.37. The van der Waals surface area contributed by atoms with Crippen molar-refractivity contribution in [3.63, 3.8) is 0 Å². The van der Waals surface area contributed by atoms with Crippen molar-refractivity contribution in [3.8, 4) is 0 Å². The van der Waals surface area contributed by atoms with Crippen molar-refractivity contribution < 1.29 is 13.2 Å². The molecule has 1 amide bonds.